The second-order valence-corrected chi connectivity index (χ2v) is 26.8. The van der Waals surface area contributed by atoms with Crippen molar-refractivity contribution in [1.82, 2.24) is 37.2 Å². The van der Waals surface area contributed by atoms with Gasteiger partial charge in [0.1, 0.15) is 48.6 Å². The van der Waals surface area contributed by atoms with Crippen molar-refractivity contribution in [2.45, 2.75) is 340 Å². The summed E-state index contributed by atoms with van der Waals surface area (Å²) >= 11 is 0. The summed E-state index contributed by atoms with van der Waals surface area (Å²) in [6.45, 7) is 9.18. The fourth-order valence-corrected chi connectivity index (χ4v) is 11.5. The van der Waals surface area contributed by atoms with Gasteiger partial charge in [-0.05, 0) is 88.0 Å². The highest BCUT2D eigenvalue weighted by atomic mass is 16.7. The van der Waals surface area contributed by atoms with Crippen molar-refractivity contribution in [3.8, 4) is 23.7 Å². The summed E-state index contributed by atoms with van der Waals surface area (Å²) in [6, 6.07) is 4.58. The summed E-state index contributed by atoms with van der Waals surface area (Å²) in [5.41, 5.74) is 0.717. The third-order valence-corrected chi connectivity index (χ3v) is 17.5. The molecule has 0 unspecified atom stereocenters. The molecule has 9 atom stereocenters. The Kier molecular flexibility index (Phi) is 51.6. The van der Waals surface area contributed by atoms with Crippen molar-refractivity contribution >= 4 is 41.4 Å². The highest BCUT2D eigenvalue weighted by Crippen LogP contribution is 2.22. The minimum atomic E-state index is -1.60. The molecular formula is C76H129N7O13. The van der Waals surface area contributed by atoms with Crippen LogP contribution in [0.4, 0.5) is 0 Å². The normalized spacial score (nSPS) is 17.1. The van der Waals surface area contributed by atoms with Gasteiger partial charge in [-0.2, -0.15) is 0 Å². The number of rotatable bonds is 57. The molecule has 1 aliphatic rings. The van der Waals surface area contributed by atoms with Crippen molar-refractivity contribution in [2.24, 2.45) is 5.92 Å². The number of aliphatic hydroxyl groups excluding tert-OH is 4. The van der Waals surface area contributed by atoms with E-state index in [9.17, 15) is 54.0 Å². The van der Waals surface area contributed by atoms with Crippen LogP contribution in [0.3, 0.4) is 0 Å². The van der Waals surface area contributed by atoms with Gasteiger partial charge in [0.15, 0.2) is 6.29 Å². The number of carbonyl (C=O) groups excluding carboxylic acids is 7. The summed E-state index contributed by atoms with van der Waals surface area (Å²) in [6.07, 6.45) is 31.8. The molecule has 0 aliphatic carbocycles. The lowest BCUT2D eigenvalue weighted by atomic mass is 9.99. The first-order valence-electron chi connectivity index (χ1n) is 37.4. The first-order chi connectivity index (χ1) is 46.5. The van der Waals surface area contributed by atoms with Gasteiger partial charge >= 0.3 is 0 Å². The summed E-state index contributed by atoms with van der Waals surface area (Å²) in [7, 11) is 0. The second-order valence-electron chi connectivity index (χ2n) is 26.8. The highest BCUT2D eigenvalue weighted by molar-refractivity contribution is 5.96. The fourth-order valence-electron chi connectivity index (χ4n) is 11.5. The van der Waals surface area contributed by atoms with Gasteiger partial charge < -0.3 is 67.1 Å². The number of aliphatic hydroxyl groups is 4. The Labute approximate surface area is 577 Å². The van der Waals surface area contributed by atoms with Crippen molar-refractivity contribution in [2.75, 3.05) is 32.8 Å². The molecule has 0 saturated carbocycles. The van der Waals surface area contributed by atoms with E-state index in [4.69, 9.17) is 9.47 Å². The van der Waals surface area contributed by atoms with E-state index < -0.39 is 97.6 Å². The van der Waals surface area contributed by atoms with Crippen LogP contribution in [-0.4, -0.2) is 149 Å². The summed E-state index contributed by atoms with van der Waals surface area (Å²) < 4.78 is 10.8. The highest BCUT2D eigenvalue weighted by Gasteiger charge is 2.44. The Morgan fingerprint density at radius 3 is 1.49 bits per heavy atom. The van der Waals surface area contributed by atoms with Gasteiger partial charge in [-0.1, -0.05) is 230 Å². The second kappa shape index (κ2) is 57.3. The maximum Gasteiger partial charge on any atom is 0.243 e. The number of carbonyl (C=O) groups is 7. The molecule has 1 aliphatic heterocycles. The van der Waals surface area contributed by atoms with Crippen molar-refractivity contribution in [3.63, 3.8) is 0 Å². The smallest absolute Gasteiger partial charge is 0.243 e. The molecule has 7 amide bonds. The minimum absolute atomic E-state index is 0.0169. The molecule has 1 fully saturated rings. The number of ether oxygens (including phenoxy) is 2. The predicted octanol–water partition coefficient (Wildman–Crippen LogP) is 9.88. The molecule has 0 bridgehead atoms. The molecule has 0 radical (unpaired) electrons. The number of nitrogens with one attached hydrogen (secondary N) is 7. The maximum atomic E-state index is 14.2. The Morgan fingerprint density at radius 1 is 0.479 bits per heavy atom. The predicted molar refractivity (Wildman–Crippen MR) is 379 cm³/mol. The first-order valence-corrected chi connectivity index (χ1v) is 37.4. The van der Waals surface area contributed by atoms with E-state index in [0.29, 0.717) is 32.2 Å². The molecule has 1 aromatic rings. The zero-order chi connectivity index (χ0) is 70.2. The van der Waals surface area contributed by atoms with Crippen LogP contribution in [0.15, 0.2) is 30.3 Å². The van der Waals surface area contributed by atoms with Crippen LogP contribution in [0, 0.1) is 29.6 Å². The summed E-state index contributed by atoms with van der Waals surface area (Å²) in [5, 5.41) is 59.2. The standard InChI is InChI=1S/C76H129N7O13/c1-6-8-10-12-14-16-18-20-21-22-23-24-25-26-27-28-30-31-33-35-37-42-50-66(85)77-52-45-44-49-62(81-67(86)51-43-38-36-34-32-29-19-17-15-13-11-9-7-2)74(93)80-60(5)72(91)82-63(55-59(3)4)75(94)83-64(56-61-47-40-39-41-48-61)73(92)79-57-68(87)78-53-46-54-95-76-71(90)70(89)69(88)65(58-84)96-76/h39-41,47-48,59-60,62-65,69-71,76,84,88-90H,6-23,28-38,42-46,49-58H2,1-5H3,(H,77,85)(H,78,87)(H,79,92)(H,80,93)(H,81,86)(H,82,91)(H,83,94)/t60-,62-,63-,64-,65+,69-,70-,71+,76+/m0/s1. The van der Waals surface area contributed by atoms with Gasteiger partial charge in [0.05, 0.1) is 19.8 Å². The van der Waals surface area contributed by atoms with E-state index in [0.717, 1.165) is 82.6 Å². The lowest BCUT2D eigenvalue weighted by Gasteiger charge is -2.39. The first kappa shape index (κ1) is 86.5. The zero-order valence-electron chi connectivity index (χ0n) is 59.7. The zero-order valence-corrected chi connectivity index (χ0v) is 59.7. The molecule has 1 saturated heterocycles. The topological polar surface area (TPSA) is 303 Å². The van der Waals surface area contributed by atoms with E-state index in [1.165, 1.54) is 122 Å². The molecule has 11 N–H and O–H groups in total. The van der Waals surface area contributed by atoms with Gasteiger partial charge in [-0.15, -0.1) is 0 Å². The van der Waals surface area contributed by atoms with Crippen LogP contribution >= 0.6 is 0 Å². The molecule has 546 valence electrons. The Bertz CT molecular complexity index is 2370. The molecule has 20 heteroatoms. The van der Waals surface area contributed by atoms with Gasteiger partial charge in [-0.25, -0.2) is 0 Å². The third-order valence-electron chi connectivity index (χ3n) is 17.5. The Balaban J connectivity index is 1.92. The summed E-state index contributed by atoms with van der Waals surface area (Å²) in [4.78, 5) is 94.9. The lowest BCUT2D eigenvalue weighted by Crippen LogP contribution is -2.59. The van der Waals surface area contributed by atoms with Crippen molar-refractivity contribution < 1.29 is 63.5 Å². The quantitative estimate of drug-likeness (QED) is 0.0214. The van der Waals surface area contributed by atoms with E-state index >= 15 is 0 Å². The molecule has 2 rings (SSSR count). The number of benzene rings is 1. The van der Waals surface area contributed by atoms with E-state index in [1.54, 1.807) is 24.3 Å². The Morgan fingerprint density at radius 2 is 0.958 bits per heavy atom. The average Bonchev–Trinajstić information content (AvgIpc) is 1.07. The average molecular weight is 1350 g/mol. The van der Waals surface area contributed by atoms with Crippen LogP contribution in [0.1, 0.15) is 284 Å². The number of hydrogen-bond donors (Lipinski definition) is 11. The van der Waals surface area contributed by atoms with E-state index in [2.05, 4.69) is 74.7 Å². The van der Waals surface area contributed by atoms with Gasteiger partial charge in [0.2, 0.25) is 41.4 Å². The van der Waals surface area contributed by atoms with Gasteiger partial charge in [-0.3, -0.25) is 33.6 Å². The number of hydrogen-bond acceptors (Lipinski definition) is 13. The molecule has 1 heterocycles. The largest absolute Gasteiger partial charge is 0.394 e. The van der Waals surface area contributed by atoms with E-state index in [-0.39, 0.29) is 63.0 Å². The minimum Gasteiger partial charge on any atom is -0.394 e. The third kappa shape index (κ3) is 43.6. The van der Waals surface area contributed by atoms with E-state index in [1.807, 2.05) is 19.9 Å². The van der Waals surface area contributed by atoms with Crippen molar-refractivity contribution in [3.05, 3.63) is 35.9 Å². The molecular weight excluding hydrogens is 1220 g/mol. The fraction of sp³-hybridized carbons (Fsp3) is 0.776. The number of amides is 7. The Hall–Kier alpha value is -5.61. The molecule has 1 aromatic carbocycles. The molecule has 20 nitrogen and oxygen atoms in total. The molecule has 0 aromatic heterocycles. The lowest BCUT2D eigenvalue weighted by molar-refractivity contribution is -0.301. The van der Waals surface area contributed by atoms with Crippen molar-refractivity contribution in [1.29, 1.82) is 0 Å². The summed E-state index contributed by atoms with van der Waals surface area (Å²) in [5.74, 6) is 9.00. The SMILES string of the molecule is CCCCCCCCCCCCC#CC#CCCCCCCCCC(=O)NCCCC[C@H](NC(=O)CCCCCCCCCCCCCCC)C(=O)N[C@@H](C)C(=O)N[C@@H](CC(C)C)C(=O)N[C@@H](Cc1ccccc1)C(=O)NCC(=O)NCCCO[C@@H]1O[C@H](CO)[C@H](O)[C@H](O)[C@H]1O. The van der Waals surface area contributed by atoms with Crippen LogP contribution in [0.25, 0.3) is 0 Å². The van der Waals surface area contributed by atoms with Crippen LogP contribution in [0.5, 0.6) is 0 Å². The van der Waals surface area contributed by atoms with Gasteiger partial charge in [0.25, 0.3) is 0 Å². The monoisotopic (exact) mass is 1350 g/mol. The molecule has 0 spiro atoms. The van der Waals surface area contributed by atoms with Crippen LogP contribution in [0.2, 0.25) is 0 Å². The van der Waals surface area contributed by atoms with Gasteiger partial charge in [0, 0.05) is 45.2 Å². The number of unbranched alkanes of at least 4 members (excludes halogenated alkanes) is 29. The van der Waals surface area contributed by atoms with Crippen LogP contribution in [-0.2, 0) is 49.5 Å². The molecule has 96 heavy (non-hydrogen) atoms. The maximum absolute atomic E-state index is 14.2. The van der Waals surface area contributed by atoms with Crippen LogP contribution < -0.4 is 37.2 Å².